The third kappa shape index (κ3) is 2.29. The molecule has 0 aliphatic heterocycles. The van der Waals surface area contributed by atoms with Gasteiger partial charge in [-0.25, -0.2) is 0 Å². The molecule has 3 heteroatoms. The van der Waals surface area contributed by atoms with Crippen molar-refractivity contribution >= 4 is 15.9 Å². The molecular weight excluding hydrogens is 244 g/mol. The average Bonchev–Trinajstić information content (AvgIpc) is 2.20. The maximum Gasteiger partial charge on any atom is 0.175 e. The van der Waals surface area contributed by atoms with Crippen LogP contribution in [-0.4, -0.2) is 13.7 Å². The lowest BCUT2D eigenvalue weighted by molar-refractivity contribution is 0.325. The molecule has 1 aromatic rings. The molecule has 0 bridgehead atoms. The van der Waals surface area contributed by atoms with E-state index in [1.807, 2.05) is 19.1 Å². The molecule has 0 saturated carbocycles. The highest BCUT2D eigenvalue weighted by atomic mass is 79.9. The van der Waals surface area contributed by atoms with Crippen molar-refractivity contribution in [3.8, 4) is 11.5 Å². The van der Waals surface area contributed by atoms with Crippen LogP contribution >= 0.6 is 15.9 Å². The third-order valence-corrected chi connectivity index (χ3v) is 2.80. The highest BCUT2D eigenvalue weighted by Gasteiger charge is 2.10. The monoisotopic (exact) mass is 256 g/mol. The topological polar surface area (TPSA) is 18.5 Å². The van der Waals surface area contributed by atoms with Crippen LogP contribution < -0.4 is 9.47 Å². The second-order valence-electron chi connectivity index (χ2n) is 2.83. The first-order chi connectivity index (χ1) is 6.70. The first kappa shape index (κ1) is 11.1. The second kappa shape index (κ2) is 5.05. The molecule has 1 aromatic carbocycles. The Morgan fingerprint density at radius 3 is 2.79 bits per heavy atom. The van der Waals surface area contributed by atoms with Gasteiger partial charge in [-0.05, 0) is 34.5 Å². The SMILES string of the molecule is C=CCOc1ccc(C)c(Br)c1OC. The van der Waals surface area contributed by atoms with Crippen LogP contribution in [0.1, 0.15) is 5.56 Å². The zero-order valence-corrected chi connectivity index (χ0v) is 9.93. The average molecular weight is 257 g/mol. The molecule has 0 atom stereocenters. The predicted octanol–water partition coefficient (Wildman–Crippen LogP) is 3.33. The molecule has 0 aromatic heterocycles. The van der Waals surface area contributed by atoms with E-state index in [1.165, 1.54) is 0 Å². The first-order valence-corrected chi connectivity index (χ1v) is 5.06. The number of hydrogen-bond acceptors (Lipinski definition) is 2. The summed E-state index contributed by atoms with van der Waals surface area (Å²) in [6.07, 6.45) is 1.70. The van der Waals surface area contributed by atoms with Gasteiger partial charge in [0.1, 0.15) is 6.61 Å². The summed E-state index contributed by atoms with van der Waals surface area (Å²) >= 11 is 3.45. The minimum atomic E-state index is 0.478. The van der Waals surface area contributed by atoms with Gasteiger partial charge >= 0.3 is 0 Å². The number of aryl methyl sites for hydroxylation is 1. The van der Waals surface area contributed by atoms with Gasteiger partial charge in [0, 0.05) is 0 Å². The summed E-state index contributed by atoms with van der Waals surface area (Å²) in [5.41, 5.74) is 1.12. The van der Waals surface area contributed by atoms with Crippen molar-refractivity contribution in [2.75, 3.05) is 13.7 Å². The number of halogens is 1. The largest absolute Gasteiger partial charge is 0.492 e. The lowest BCUT2D eigenvalue weighted by Gasteiger charge is -2.12. The van der Waals surface area contributed by atoms with Gasteiger partial charge in [-0.2, -0.15) is 0 Å². The van der Waals surface area contributed by atoms with E-state index in [2.05, 4.69) is 22.5 Å². The van der Waals surface area contributed by atoms with Crippen molar-refractivity contribution in [1.29, 1.82) is 0 Å². The maximum absolute atomic E-state index is 5.44. The smallest absolute Gasteiger partial charge is 0.175 e. The van der Waals surface area contributed by atoms with E-state index < -0.39 is 0 Å². The molecule has 2 nitrogen and oxygen atoms in total. The summed E-state index contributed by atoms with van der Waals surface area (Å²) < 4.78 is 11.6. The van der Waals surface area contributed by atoms with Crippen LogP contribution in [0.15, 0.2) is 29.3 Å². The molecule has 0 spiro atoms. The minimum absolute atomic E-state index is 0.478. The van der Waals surface area contributed by atoms with Gasteiger partial charge in [-0.1, -0.05) is 18.7 Å². The van der Waals surface area contributed by atoms with Crippen LogP contribution in [0.25, 0.3) is 0 Å². The summed E-state index contributed by atoms with van der Waals surface area (Å²) in [4.78, 5) is 0. The van der Waals surface area contributed by atoms with E-state index in [4.69, 9.17) is 9.47 Å². The third-order valence-electron chi connectivity index (χ3n) is 1.81. The lowest BCUT2D eigenvalue weighted by atomic mass is 10.2. The van der Waals surface area contributed by atoms with Gasteiger partial charge in [0.15, 0.2) is 11.5 Å². The van der Waals surface area contributed by atoms with Gasteiger partial charge in [0.2, 0.25) is 0 Å². The Bertz CT molecular complexity index is 334. The Kier molecular flexibility index (Phi) is 4.01. The Hall–Kier alpha value is -0.960. The molecule has 0 N–H and O–H groups in total. The van der Waals surface area contributed by atoms with E-state index in [1.54, 1.807) is 13.2 Å². The van der Waals surface area contributed by atoms with Crippen molar-refractivity contribution in [2.45, 2.75) is 6.92 Å². The van der Waals surface area contributed by atoms with E-state index in [9.17, 15) is 0 Å². The minimum Gasteiger partial charge on any atom is -0.492 e. The fraction of sp³-hybridized carbons (Fsp3) is 0.273. The molecular formula is C11H13BrO2. The fourth-order valence-corrected chi connectivity index (χ4v) is 1.58. The summed E-state index contributed by atoms with van der Waals surface area (Å²) in [6, 6.07) is 3.87. The molecule has 0 aliphatic carbocycles. The normalized spacial score (nSPS) is 9.64. The quantitative estimate of drug-likeness (QED) is 0.770. The van der Waals surface area contributed by atoms with Gasteiger partial charge in [-0.15, -0.1) is 0 Å². The molecule has 0 saturated heterocycles. The van der Waals surface area contributed by atoms with Gasteiger partial charge in [-0.3, -0.25) is 0 Å². The van der Waals surface area contributed by atoms with Crippen LogP contribution in [0.2, 0.25) is 0 Å². The Labute approximate surface area is 92.7 Å². The molecule has 0 amide bonds. The molecule has 0 unspecified atom stereocenters. The number of ether oxygens (including phenoxy) is 2. The van der Waals surface area contributed by atoms with E-state index in [0.29, 0.717) is 6.61 Å². The summed E-state index contributed by atoms with van der Waals surface area (Å²) in [5, 5.41) is 0. The number of benzene rings is 1. The van der Waals surface area contributed by atoms with Gasteiger partial charge in [0.05, 0.1) is 11.6 Å². The van der Waals surface area contributed by atoms with Crippen molar-refractivity contribution in [3.05, 3.63) is 34.8 Å². The molecule has 0 radical (unpaired) electrons. The summed E-state index contributed by atoms with van der Waals surface area (Å²) in [5.74, 6) is 1.46. The van der Waals surface area contributed by atoms with E-state index in [0.717, 1.165) is 21.5 Å². The first-order valence-electron chi connectivity index (χ1n) is 4.27. The van der Waals surface area contributed by atoms with E-state index in [-0.39, 0.29) is 0 Å². The summed E-state index contributed by atoms with van der Waals surface area (Å²) in [6.45, 7) is 6.08. The number of methoxy groups -OCH3 is 1. The number of hydrogen-bond donors (Lipinski definition) is 0. The van der Waals surface area contributed by atoms with Crippen molar-refractivity contribution in [3.63, 3.8) is 0 Å². The highest BCUT2D eigenvalue weighted by molar-refractivity contribution is 9.10. The Morgan fingerprint density at radius 2 is 2.21 bits per heavy atom. The fourth-order valence-electron chi connectivity index (χ4n) is 1.09. The van der Waals surface area contributed by atoms with Gasteiger partial charge in [0.25, 0.3) is 0 Å². The zero-order chi connectivity index (χ0) is 10.6. The van der Waals surface area contributed by atoms with E-state index >= 15 is 0 Å². The molecule has 76 valence electrons. The standard InChI is InChI=1S/C11H13BrO2/c1-4-7-14-9-6-5-8(2)10(12)11(9)13-3/h4-6H,1,7H2,2-3H3. The number of rotatable bonds is 4. The van der Waals surface area contributed by atoms with Crippen LogP contribution in [0.5, 0.6) is 11.5 Å². The molecule has 0 aliphatic rings. The Morgan fingerprint density at radius 1 is 1.50 bits per heavy atom. The Balaban J connectivity index is 3.03. The molecule has 14 heavy (non-hydrogen) atoms. The van der Waals surface area contributed by atoms with Crippen LogP contribution in [0.4, 0.5) is 0 Å². The summed E-state index contributed by atoms with van der Waals surface area (Å²) in [7, 11) is 1.63. The van der Waals surface area contributed by atoms with Crippen molar-refractivity contribution < 1.29 is 9.47 Å². The molecule has 0 heterocycles. The lowest BCUT2D eigenvalue weighted by Crippen LogP contribution is -1.97. The molecule has 1 rings (SSSR count). The molecule has 0 fully saturated rings. The van der Waals surface area contributed by atoms with Crippen LogP contribution in [0.3, 0.4) is 0 Å². The predicted molar refractivity (Wildman–Crippen MR) is 61.1 cm³/mol. The second-order valence-corrected chi connectivity index (χ2v) is 3.62. The van der Waals surface area contributed by atoms with Crippen molar-refractivity contribution in [2.24, 2.45) is 0 Å². The van der Waals surface area contributed by atoms with Crippen molar-refractivity contribution in [1.82, 2.24) is 0 Å². The maximum atomic E-state index is 5.44. The van der Waals surface area contributed by atoms with Crippen LogP contribution in [0, 0.1) is 6.92 Å². The zero-order valence-electron chi connectivity index (χ0n) is 8.34. The van der Waals surface area contributed by atoms with Crippen LogP contribution in [-0.2, 0) is 0 Å². The highest BCUT2D eigenvalue weighted by Crippen LogP contribution is 2.37. The van der Waals surface area contributed by atoms with Gasteiger partial charge < -0.3 is 9.47 Å².